The average Bonchev–Trinajstić information content (AvgIpc) is 3.12. The van der Waals surface area contributed by atoms with E-state index in [4.69, 9.17) is 0 Å². The Morgan fingerprint density at radius 3 is 2.64 bits per heavy atom. The van der Waals surface area contributed by atoms with Gasteiger partial charge in [-0.2, -0.15) is 5.10 Å². The fraction of sp³-hybridized carbons (Fsp3) is 0.0500. The molecule has 0 unspecified atom stereocenters. The van der Waals surface area contributed by atoms with E-state index in [1.165, 1.54) is 27.4 Å². The Morgan fingerprint density at radius 2 is 1.89 bits per heavy atom. The number of fused-ring (bicyclic) bond motifs is 1. The van der Waals surface area contributed by atoms with Crippen LogP contribution in [0.3, 0.4) is 0 Å². The first-order valence-corrected chi connectivity index (χ1v) is 9.20. The van der Waals surface area contributed by atoms with Crippen LogP contribution in [0.5, 0.6) is 0 Å². The summed E-state index contributed by atoms with van der Waals surface area (Å²) in [7, 11) is 0. The van der Waals surface area contributed by atoms with E-state index < -0.39 is 11.7 Å². The van der Waals surface area contributed by atoms with E-state index in [1.54, 1.807) is 18.3 Å². The fourth-order valence-corrected chi connectivity index (χ4v) is 3.17. The maximum absolute atomic E-state index is 13.9. The van der Waals surface area contributed by atoms with Crippen LogP contribution in [-0.2, 0) is 11.3 Å². The Balaban J connectivity index is 1.59. The zero-order valence-corrected chi connectivity index (χ0v) is 16.1. The van der Waals surface area contributed by atoms with Gasteiger partial charge in [0.05, 0.1) is 11.4 Å². The number of benzene rings is 2. The summed E-state index contributed by atoms with van der Waals surface area (Å²) in [4.78, 5) is 25.0. The molecule has 0 saturated carbocycles. The molecular formula is C20H14BrFN4O2. The van der Waals surface area contributed by atoms with Crippen LogP contribution in [0.4, 0.5) is 10.1 Å². The minimum atomic E-state index is -0.561. The van der Waals surface area contributed by atoms with Crippen LogP contribution in [0.15, 0.2) is 76.3 Å². The highest BCUT2D eigenvalue weighted by molar-refractivity contribution is 9.10. The number of hydrogen-bond donors (Lipinski definition) is 1. The third kappa shape index (κ3) is 3.59. The van der Waals surface area contributed by atoms with Crippen LogP contribution in [0.25, 0.3) is 16.8 Å². The molecule has 0 saturated heterocycles. The molecule has 4 aromatic rings. The summed E-state index contributed by atoms with van der Waals surface area (Å²) in [5, 5.41) is 6.88. The molecule has 2 heterocycles. The number of nitrogens with zero attached hydrogens (tertiary/aromatic N) is 3. The molecule has 28 heavy (non-hydrogen) atoms. The van der Waals surface area contributed by atoms with Gasteiger partial charge in [-0.3, -0.25) is 9.59 Å². The summed E-state index contributed by atoms with van der Waals surface area (Å²) in [5.74, 6) is -1.07. The lowest BCUT2D eigenvalue weighted by Crippen LogP contribution is -2.28. The highest BCUT2D eigenvalue weighted by Crippen LogP contribution is 2.20. The first-order valence-electron chi connectivity index (χ1n) is 8.40. The second-order valence-corrected chi connectivity index (χ2v) is 7.04. The van der Waals surface area contributed by atoms with Gasteiger partial charge in [-0.1, -0.05) is 46.3 Å². The van der Waals surface area contributed by atoms with Crippen LogP contribution in [-0.4, -0.2) is 20.1 Å². The van der Waals surface area contributed by atoms with Gasteiger partial charge >= 0.3 is 0 Å². The molecule has 8 heteroatoms. The predicted molar refractivity (Wildman–Crippen MR) is 108 cm³/mol. The molecule has 0 aliphatic carbocycles. The summed E-state index contributed by atoms with van der Waals surface area (Å²) in [6.07, 6.45) is 3.09. The van der Waals surface area contributed by atoms with Crippen molar-refractivity contribution in [2.45, 2.75) is 6.54 Å². The number of carbonyl (C=O) groups is 1. The number of anilines is 1. The van der Waals surface area contributed by atoms with E-state index in [0.29, 0.717) is 15.7 Å². The number of carbonyl (C=O) groups excluding carboxylic acids is 1. The SMILES string of the molecule is O=C(Cn1ccn2nc(-c3ccccc3)cc2c1=O)Nc1ccc(Br)cc1F. The molecule has 0 bridgehead atoms. The molecule has 6 nitrogen and oxygen atoms in total. The highest BCUT2D eigenvalue weighted by atomic mass is 79.9. The predicted octanol–water partition coefficient (Wildman–Crippen LogP) is 3.70. The second kappa shape index (κ2) is 7.40. The molecule has 140 valence electrons. The number of nitrogens with one attached hydrogen (secondary N) is 1. The molecule has 0 aliphatic rings. The van der Waals surface area contributed by atoms with Crippen molar-refractivity contribution >= 4 is 33.0 Å². The number of amides is 1. The quantitative estimate of drug-likeness (QED) is 0.525. The number of aromatic nitrogens is 3. The van der Waals surface area contributed by atoms with Crippen molar-refractivity contribution in [3.05, 3.63) is 87.6 Å². The average molecular weight is 441 g/mol. The monoisotopic (exact) mass is 440 g/mol. The lowest BCUT2D eigenvalue weighted by Gasteiger charge is -2.08. The maximum atomic E-state index is 13.9. The van der Waals surface area contributed by atoms with E-state index in [9.17, 15) is 14.0 Å². The van der Waals surface area contributed by atoms with Gasteiger partial charge < -0.3 is 9.88 Å². The lowest BCUT2D eigenvalue weighted by atomic mass is 10.1. The Hall–Kier alpha value is -3.26. The standard InChI is InChI=1S/C20H14BrFN4O2/c21-14-6-7-16(15(22)10-14)23-19(27)12-25-8-9-26-18(20(25)28)11-17(24-26)13-4-2-1-3-5-13/h1-11H,12H2,(H,23,27). The van der Waals surface area contributed by atoms with Gasteiger partial charge in [-0.25, -0.2) is 8.91 Å². The van der Waals surface area contributed by atoms with Gasteiger partial charge in [-0.15, -0.1) is 0 Å². The summed E-state index contributed by atoms with van der Waals surface area (Å²) in [6, 6.07) is 15.5. The number of hydrogen-bond acceptors (Lipinski definition) is 3. The van der Waals surface area contributed by atoms with E-state index in [1.807, 2.05) is 30.3 Å². The molecule has 0 atom stereocenters. The van der Waals surface area contributed by atoms with Gasteiger partial charge in [0.1, 0.15) is 17.9 Å². The Bertz CT molecular complexity index is 1230. The second-order valence-electron chi connectivity index (χ2n) is 6.13. The van der Waals surface area contributed by atoms with E-state index in [0.717, 1.165) is 5.56 Å². The van der Waals surface area contributed by atoms with Crippen molar-refractivity contribution in [1.82, 2.24) is 14.2 Å². The minimum absolute atomic E-state index is 0.0537. The maximum Gasteiger partial charge on any atom is 0.277 e. The molecule has 0 aliphatic heterocycles. The molecule has 0 spiro atoms. The number of rotatable bonds is 4. The van der Waals surface area contributed by atoms with Crippen molar-refractivity contribution in [3.8, 4) is 11.3 Å². The molecule has 1 N–H and O–H groups in total. The number of halogens is 2. The molecule has 0 radical (unpaired) electrons. The summed E-state index contributed by atoms with van der Waals surface area (Å²) in [6.45, 7) is -0.239. The van der Waals surface area contributed by atoms with Crippen LogP contribution >= 0.6 is 15.9 Å². The molecule has 1 amide bonds. The third-order valence-electron chi connectivity index (χ3n) is 4.19. The normalized spacial score (nSPS) is 10.9. The van der Waals surface area contributed by atoms with Gasteiger partial charge in [0.15, 0.2) is 0 Å². The minimum Gasteiger partial charge on any atom is -0.322 e. The Morgan fingerprint density at radius 1 is 1.11 bits per heavy atom. The third-order valence-corrected chi connectivity index (χ3v) is 4.69. The van der Waals surface area contributed by atoms with Gasteiger partial charge in [-0.05, 0) is 24.3 Å². The smallest absolute Gasteiger partial charge is 0.277 e. The highest BCUT2D eigenvalue weighted by Gasteiger charge is 2.12. The molecule has 2 aromatic carbocycles. The van der Waals surface area contributed by atoms with Crippen LogP contribution < -0.4 is 10.9 Å². The van der Waals surface area contributed by atoms with Crippen LogP contribution in [0.1, 0.15) is 0 Å². The summed E-state index contributed by atoms with van der Waals surface area (Å²) in [5.41, 5.74) is 1.60. The fourth-order valence-electron chi connectivity index (χ4n) is 2.84. The van der Waals surface area contributed by atoms with Crippen molar-refractivity contribution in [1.29, 1.82) is 0 Å². The largest absolute Gasteiger partial charge is 0.322 e. The molecule has 0 fully saturated rings. The molecular weight excluding hydrogens is 427 g/mol. The van der Waals surface area contributed by atoms with Crippen molar-refractivity contribution in [2.75, 3.05) is 5.32 Å². The van der Waals surface area contributed by atoms with Crippen LogP contribution in [0.2, 0.25) is 0 Å². The Kier molecular flexibility index (Phi) is 4.79. The topological polar surface area (TPSA) is 68.4 Å². The van der Waals surface area contributed by atoms with Gasteiger partial charge in [0.25, 0.3) is 5.56 Å². The van der Waals surface area contributed by atoms with E-state index in [-0.39, 0.29) is 17.8 Å². The molecule has 4 rings (SSSR count). The first kappa shape index (κ1) is 18.1. The van der Waals surface area contributed by atoms with Crippen molar-refractivity contribution in [3.63, 3.8) is 0 Å². The van der Waals surface area contributed by atoms with E-state index >= 15 is 0 Å². The van der Waals surface area contributed by atoms with Crippen LogP contribution in [0, 0.1) is 5.82 Å². The van der Waals surface area contributed by atoms with E-state index in [2.05, 4.69) is 26.3 Å². The van der Waals surface area contributed by atoms with Crippen molar-refractivity contribution in [2.24, 2.45) is 0 Å². The van der Waals surface area contributed by atoms with Gasteiger partial charge in [0.2, 0.25) is 5.91 Å². The zero-order valence-electron chi connectivity index (χ0n) is 14.5. The Labute approximate surface area is 167 Å². The van der Waals surface area contributed by atoms with Crippen molar-refractivity contribution < 1.29 is 9.18 Å². The first-order chi connectivity index (χ1) is 13.5. The molecule has 2 aromatic heterocycles. The lowest BCUT2D eigenvalue weighted by molar-refractivity contribution is -0.116. The summed E-state index contributed by atoms with van der Waals surface area (Å²) < 4.78 is 17.2. The zero-order chi connectivity index (χ0) is 19.7. The summed E-state index contributed by atoms with van der Waals surface area (Å²) >= 11 is 3.16. The van der Waals surface area contributed by atoms with Gasteiger partial charge in [0, 0.05) is 22.4 Å².